The van der Waals surface area contributed by atoms with Gasteiger partial charge in [-0.1, -0.05) is 153 Å². The van der Waals surface area contributed by atoms with Crippen LogP contribution in [0.25, 0.3) is 21.5 Å². The molecule has 0 aliphatic carbocycles. The first-order valence-corrected chi connectivity index (χ1v) is 21.6. The third-order valence-electron chi connectivity index (χ3n) is 12.5. The van der Waals surface area contributed by atoms with Gasteiger partial charge < -0.3 is 9.80 Å². The normalized spacial score (nSPS) is 13.2. The van der Waals surface area contributed by atoms with Gasteiger partial charge in [0.05, 0.1) is 11.4 Å². The maximum absolute atomic E-state index is 2.53. The lowest BCUT2D eigenvalue weighted by molar-refractivity contribution is 0.590. The van der Waals surface area contributed by atoms with Crippen molar-refractivity contribution in [3.8, 4) is 0 Å². The van der Waals surface area contributed by atoms with Crippen molar-refractivity contribution in [2.75, 3.05) is 9.80 Å². The van der Waals surface area contributed by atoms with Crippen LogP contribution in [-0.4, -0.2) is 0 Å². The van der Waals surface area contributed by atoms with Gasteiger partial charge in [0.1, 0.15) is 0 Å². The zero-order chi connectivity index (χ0) is 41.5. The summed E-state index contributed by atoms with van der Waals surface area (Å²) in [6, 6.07) is 51.4. The van der Waals surface area contributed by atoms with Crippen molar-refractivity contribution in [2.45, 2.75) is 119 Å². The summed E-state index contributed by atoms with van der Waals surface area (Å²) in [6.07, 6.45) is 2.15. The van der Waals surface area contributed by atoms with E-state index in [1.54, 1.807) is 0 Å². The fourth-order valence-corrected chi connectivity index (χ4v) is 8.21. The highest BCUT2D eigenvalue weighted by Gasteiger charge is 2.28. The Morgan fingerprint density at radius 2 is 0.690 bits per heavy atom. The molecule has 7 aromatic rings. The topological polar surface area (TPSA) is 6.48 Å². The van der Waals surface area contributed by atoms with E-state index in [9.17, 15) is 0 Å². The number of benzene rings is 7. The summed E-state index contributed by atoms with van der Waals surface area (Å²) in [4.78, 5) is 5.05. The zero-order valence-electron chi connectivity index (χ0n) is 37.2. The fraction of sp³-hybridized carbons (Fsp3) is 0.321. The Hall–Kier alpha value is -5.34. The molecule has 0 aliphatic rings. The van der Waals surface area contributed by atoms with E-state index in [2.05, 4.69) is 226 Å². The number of nitrogens with zero attached hydrogens (tertiary/aromatic N) is 2. The van der Waals surface area contributed by atoms with E-state index in [1.807, 2.05) is 0 Å². The molecule has 0 saturated heterocycles. The van der Waals surface area contributed by atoms with Crippen LogP contribution in [0.2, 0.25) is 0 Å². The molecule has 0 N–H and O–H groups in total. The standard InChI is InChI=1S/C56H64N2/c1-13-39(5)41-19-33-49-51(35-41)53(57(45-25-15-37(3)16-26-45)47-29-21-43(22-30-47)55(7,8)9)50-34-20-42(40(6)14-2)36-52(50)54(49)58(46-27-17-38(4)18-28-46)48-31-23-44(24-32-48)56(10,11)12/h15-36,39-40H,13-14H2,1-12H3. The van der Waals surface area contributed by atoms with Gasteiger partial charge >= 0.3 is 0 Å². The van der Waals surface area contributed by atoms with E-state index in [0.29, 0.717) is 11.8 Å². The molecule has 0 saturated carbocycles. The van der Waals surface area contributed by atoms with Gasteiger partial charge in [-0.25, -0.2) is 0 Å². The molecule has 2 heteroatoms. The van der Waals surface area contributed by atoms with Gasteiger partial charge in [-0.3, -0.25) is 0 Å². The molecule has 7 aromatic carbocycles. The van der Waals surface area contributed by atoms with Gasteiger partial charge in [0.2, 0.25) is 0 Å². The van der Waals surface area contributed by atoms with Crippen LogP contribution in [-0.2, 0) is 10.8 Å². The average Bonchev–Trinajstić information content (AvgIpc) is 3.21. The van der Waals surface area contributed by atoms with Crippen LogP contribution >= 0.6 is 0 Å². The molecule has 0 aliphatic heterocycles. The SMILES string of the molecule is CCC(C)c1ccc2c(N(c3ccc(C)cc3)c3ccc(C(C)(C)C)cc3)c3cc(C(C)CC)ccc3c(N(c3ccc(C)cc3)c3ccc(C(C)(C)C)cc3)c2c1. The Kier molecular flexibility index (Phi) is 11.4. The Labute approximate surface area is 349 Å². The van der Waals surface area contributed by atoms with E-state index >= 15 is 0 Å². The summed E-state index contributed by atoms with van der Waals surface area (Å²) in [6.45, 7) is 27.4. The van der Waals surface area contributed by atoms with Crippen molar-refractivity contribution in [3.63, 3.8) is 0 Å². The number of hydrogen-bond acceptors (Lipinski definition) is 2. The van der Waals surface area contributed by atoms with E-state index in [1.165, 1.54) is 66.3 Å². The van der Waals surface area contributed by atoms with Crippen LogP contribution in [0.3, 0.4) is 0 Å². The Morgan fingerprint density at radius 3 is 0.966 bits per heavy atom. The first-order chi connectivity index (χ1) is 27.6. The highest BCUT2D eigenvalue weighted by atomic mass is 15.2. The first-order valence-electron chi connectivity index (χ1n) is 21.6. The van der Waals surface area contributed by atoms with Gasteiger partial charge in [-0.15, -0.1) is 0 Å². The molecule has 7 rings (SSSR count). The van der Waals surface area contributed by atoms with E-state index < -0.39 is 0 Å². The quantitative estimate of drug-likeness (QED) is 0.101. The van der Waals surface area contributed by atoms with E-state index in [-0.39, 0.29) is 10.8 Å². The van der Waals surface area contributed by atoms with Crippen molar-refractivity contribution < 1.29 is 0 Å². The van der Waals surface area contributed by atoms with E-state index in [0.717, 1.165) is 35.6 Å². The highest BCUT2D eigenvalue weighted by Crippen LogP contribution is 2.52. The number of hydrogen-bond donors (Lipinski definition) is 0. The largest absolute Gasteiger partial charge is 0.309 e. The maximum atomic E-state index is 2.53. The lowest BCUT2D eigenvalue weighted by Gasteiger charge is -2.34. The van der Waals surface area contributed by atoms with Crippen molar-refractivity contribution in [2.24, 2.45) is 0 Å². The highest BCUT2D eigenvalue weighted by molar-refractivity contribution is 6.23. The molecule has 0 bridgehead atoms. The summed E-state index contributed by atoms with van der Waals surface area (Å²) in [5, 5.41) is 4.97. The number of anilines is 6. The molecule has 0 heterocycles. The minimum Gasteiger partial charge on any atom is -0.309 e. The number of aryl methyl sites for hydroxylation is 2. The molecule has 2 atom stereocenters. The predicted octanol–water partition coefficient (Wildman–Crippen LogP) is 17.2. The summed E-state index contributed by atoms with van der Waals surface area (Å²) >= 11 is 0. The summed E-state index contributed by atoms with van der Waals surface area (Å²) < 4.78 is 0. The molecular weight excluding hydrogens is 701 g/mol. The van der Waals surface area contributed by atoms with Crippen molar-refractivity contribution in [1.82, 2.24) is 0 Å². The smallest absolute Gasteiger partial charge is 0.0620 e. The lowest BCUT2D eigenvalue weighted by Crippen LogP contribution is -2.16. The summed E-state index contributed by atoms with van der Waals surface area (Å²) in [7, 11) is 0. The van der Waals surface area contributed by atoms with Crippen molar-refractivity contribution >= 4 is 55.7 Å². The lowest BCUT2D eigenvalue weighted by atomic mass is 9.86. The molecule has 0 aromatic heterocycles. The van der Waals surface area contributed by atoms with Crippen LogP contribution in [0, 0.1) is 13.8 Å². The predicted molar refractivity (Wildman–Crippen MR) is 255 cm³/mol. The van der Waals surface area contributed by atoms with Crippen LogP contribution < -0.4 is 9.80 Å². The molecule has 2 unspecified atom stereocenters. The van der Waals surface area contributed by atoms with Crippen LogP contribution in [0.5, 0.6) is 0 Å². The number of rotatable bonds is 10. The van der Waals surface area contributed by atoms with Gasteiger partial charge in [-0.2, -0.15) is 0 Å². The monoisotopic (exact) mass is 765 g/mol. The van der Waals surface area contributed by atoms with Crippen LogP contribution in [0.4, 0.5) is 34.1 Å². The minimum absolute atomic E-state index is 0.0519. The minimum atomic E-state index is 0.0519. The molecule has 0 radical (unpaired) electrons. The molecule has 0 fully saturated rings. The summed E-state index contributed by atoms with van der Waals surface area (Å²) in [5.41, 5.74) is 15.0. The van der Waals surface area contributed by atoms with Crippen molar-refractivity contribution in [1.29, 1.82) is 0 Å². The second kappa shape index (κ2) is 16.1. The van der Waals surface area contributed by atoms with Gasteiger partial charge in [0, 0.05) is 44.3 Å². The maximum Gasteiger partial charge on any atom is 0.0620 e. The molecule has 0 amide bonds. The summed E-state index contributed by atoms with van der Waals surface area (Å²) in [5.74, 6) is 0.836. The average molecular weight is 765 g/mol. The van der Waals surface area contributed by atoms with Crippen LogP contribution in [0.1, 0.15) is 127 Å². The third-order valence-corrected chi connectivity index (χ3v) is 12.5. The second-order valence-electron chi connectivity index (χ2n) is 18.9. The fourth-order valence-electron chi connectivity index (χ4n) is 8.21. The molecule has 298 valence electrons. The Morgan fingerprint density at radius 1 is 0.397 bits per heavy atom. The first kappa shape index (κ1) is 40.8. The third kappa shape index (κ3) is 8.04. The molecule has 58 heavy (non-hydrogen) atoms. The Balaban J connectivity index is 1.67. The molecular formula is C56H64N2. The van der Waals surface area contributed by atoms with E-state index in [4.69, 9.17) is 0 Å². The Bertz CT molecular complexity index is 2330. The van der Waals surface area contributed by atoms with Gasteiger partial charge in [0.15, 0.2) is 0 Å². The second-order valence-corrected chi connectivity index (χ2v) is 18.9. The van der Waals surface area contributed by atoms with Gasteiger partial charge in [-0.05, 0) is 132 Å². The van der Waals surface area contributed by atoms with Gasteiger partial charge in [0.25, 0.3) is 0 Å². The van der Waals surface area contributed by atoms with Crippen molar-refractivity contribution in [3.05, 3.63) is 167 Å². The molecule has 2 nitrogen and oxygen atoms in total. The molecule has 0 spiro atoms. The number of fused-ring (bicyclic) bond motifs is 2. The van der Waals surface area contributed by atoms with Crippen LogP contribution in [0.15, 0.2) is 133 Å². The zero-order valence-corrected chi connectivity index (χ0v) is 37.2.